The molecule has 1 heterocycles. The summed E-state index contributed by atoms with van der Waals surface area (Å²) in [5.41, 5.74) is 7.99. The van der Waals surface area contributed by atoms with Crippen LogP contribution < -0.4 is 20.5 Å². The molecule has 1 aliphatic rings. The van der Waals surface area contributed by atoms with Crippen LogP contribution in [0.5, 0.6) is 11.5 Å². The Morgan fingerprint density at radius 3 is 2.95 bits per heavy atom. The van der Waals surface area contributed by atoms with Gasteiger partial charge in [0.25, 0.3) is 0 Å². The number of para-hydroxylation sites is 1. The van der Waals surface area contributed by atoms with E-state index in [4.69, 9.17) is 15.2 Å². The highest BCUT2D eigenvalue weighted by atomic mass is 19.1. The fraction of sp³-hybridized carbons (Fsp3) is 0.250. The van der Waals surface area contributed by atoms with Crippen LogP contribution in [0, 0.1) is 5.82 Å². The normalized spacial score (nSPS) is 16.8. The van der Waals surface area contributed by atoms with Crippen molar-refractivity contribution in [2.24, 2.45) is 0 Å². The molecule has 3 N–H and O–H groups in total. The monoisotopic (exact) mass is 288 g/mol. The van der Waals surface area contributed by atoms with Crippen molar-refractivity contribution in [1.82, 2.24) is 0 Å². The Morgan fingerprint density at radius 2 is 2.14 bits per heavy atom. The lowest BCUT2D eigenvalue weighted by atomic mass is 10.00. The number of rotatable bonds is 3. The van der Waals surface area contributed by atoms with Crippen molar-refractivity contribution in [2.45, 2.75) is 12.5 Å². The van der Waals surface area contributed by atoms with Gasteiger partial charge in [-0.1, -0.05) is 18.2 Å². The quantitative estimate of drug-likeness (QED) is 0.850. The maximum Gasteiger partial charge on any atom is 0.167 e. The van der Waals surface area contributed by atoms with Crippen molar-refractivity contribution in [3.8, 4) is 11.5 Å². The lowest BCUT2D eigenvalue weighted by Crippen LogP contribution is -2.20. The number of ether oxygens (including phenoxy) is 2. The lowest BCUT2D eigenvalue weighted by Gasteiger charge is -2.28. The third kappa shape index (κ3) is 2.59. The average Bonchev–Trinajstić information content (AvgIpc) is 2.50. The fourth-order valence-electron chi connectivity index (χ4n) is 2.53. The van der Waals surface area contributed by atoms with Crippen LogP contribution >= 0.6 is 0 Å². The van der Waals surface area contributed by atoms with Gasteiger partial charge in [0.2, 0.25) is 0 Å². The molecule has 1 aliphatic heterocycles. The van der Waals surface area contributed by atoms with Gasteiger partial charge in [0.05, 0.1) is 31.1 Å². The van der Waals surface area contributed by atoms with Gasteiger partial charge in [-0.05, 0) is 6.07 Å². The molecule has 2 aromatic carbocycles. The van der Waals surface area contributed by atoms with Crippen molar-refractivity contribution in [1.29, 1.82) is 0 Å². The van der Waals surface area contributed by atoms with E-state index in [1.165, 1.54) is 13.2 Å². The molecule has 1 atom stereocenters. The lowest BCUT2D eigenvalue weighted by molar-refractivity contribution is 0.274. The third-order valence-electron chi connectivity index (χ3n) is 3.61. The molecule has 21 heavy (non-hydrogen) atoms. The summed E-state index contributed by atoms with van der Waals surface area (Å²) in [5, 5.41) is 3.36. The third-order valence-corrected chi connectivity index (χ3v) is 3.61. The smallest absolute Gasteiger partial charge is 0.167 e. The Labute approximate surface area is 122 Å². The van der Waals surface area contributed by atoms with E-state index in [1.807, 2.05) is 24.3 Å². The molecule has 1 unspecified atom stereocenters. The summed E-state index contributed by atoms with van der Waals surface area (Å²) < 4.78 is 24.2. The van der Waals surface area contributed by atoms with E-state index >= 15 is 0 Å². The number of fused-ring (bicyclic) bond motifs is 1. The average molecular weight is 288 g/mol. The minimum Gasteiger partial charge on any atom is -0.494 e. The predicted molar refractivity (Wildman–Crippen MR) is 80.3 cm³/mol. The van der Waals surface area contributed by atoms with Crippen molar-refractivity contribution < 1.29 is 13.9 Å². The Balaban J connectivity index is 1.91. The first-order valence-corrected chi connectivity index (χ1v) is 6.80. The molecule has 110 valence electrons. The van der Waals surface area contributed by atoms with Crippen LogP contribution in [0.25, 0.3) is 0 Å². The molecule has 3 rings (SSSR count). The van der Waals surface area contributed by atoms with E-state index in [2.05, 4.69) is 5.32 Å². The van der Waals surface area contributed by atoms with Crippen LogP contribution in [0.15, 0.2) is 36.4 Å². The summed E-state index contributed by atoms with van der Waals surface area (Å²) in [5.74, 6) is 0.578. The van der Waals surface area contributed by atoms with E-state index < -0.39 is 5.82 Å². The van der Waals surface area contributed by atoms with Crippen molar-refractivity contribution >= 4 is 11.4 Å². The fourth-order valence-corrected chi connectivity index (χ4v) is 2.53. The van der Waals surface area contributed by atoms with Gasteiger partial charge in [0.1, 0.15) is 5.75 Å². The highest BCUT2D eigenvalue weighted by molar-refractivity contribution is 5.69. The molecule has 0 saturated heterocycles. The molecule has 0 aromatic heterocycles. The molecule has 0 spiro atoms. The molecular weight excluding hydrogens is 271 g/mol. The number of methoxy groups -OCH3 is 1. The van der Waals surface area contributed by atoms with Gasteiger partial charge in [-0.15, -0.1) is 0 Å². The van der Waals surface area contributed by atoms with E-state index in [1.54, 1.807) is 6.07 Å². The number of benzene rings is 2. The van der Waals surface area contributed by atoms with Gasteiger partial charge in [0.15, 0.2) is 11.6 Å². The Morgan fingerprint density at radius 1 is 1.33 bits per heavy atom. The van der Waals surface area contributed by atoms with Gasteiger partial charge in [-0.25, -0.2) is 4.39 Å². The Kier molecular flexibility index (Phi) is 3.56. The van der Waals surface area contributed by atoms with Gasteiger partial charge >= 0.3 is 0 Å². The molecule has 0 bridgehead atoms. The maximum absolute atomic E-state index is 13.6. The molecule has 0 amide bonds. The minimum atomic E-state index is -0.465. The first-order chi connectivity index (χ1) is 10.2. The zero-order valence-corrected chi connectivity index (χ0v) is 11.7. The SMILES string of the molecule is COc1cc(NC2CCOc3ccccc32)c(N)cc1F. The van der Waals surface area contributed by atoms with Crippen LogP contribution in [0.1, 0.15) is 18.0 Å². The summed E-state index contributed by atoms with van der Waals surface area (Å²) in [6.07, 6.45) is 0.816. The summed E-state index contributed by atoms with van der Waals surface area (Å²) in [7, 11) is 1.43. The molecule has 5 heteroatoms. The largest absolute Gasteiger partial charge is 0.494 e. The number of nitrogens with one attached hydrogen (secondary N) is 1. The van der Waals surface area contributed by atoms with Gasteiger partial charge in [0, 0.05) is 24.1 Å². The number of nitrogen functional groups attached to an aromatic ring is 1. The van der Waals surface area contributed by atoms with Crippen molar-refractivity contribution in [3.63, 3.8) is 0 Å². The van der Waals surface area contributed by atoms with Gasteiger partial charge in [-0.3, -0.25) is 0 Å². The Hall–Kier alpha value is -2.43. The van der Waals surface area contributed by atoms with E-state index in [-0.39, 0.29) is 11.8 Å². The number of nitrogens with two attached hydrogens (primary N) is 1. The van der Waals surface area contributed by atoms with Crippen molar-refractivity contribution in [3.05, 3.63) is 47.8 Å². The van der Waals surface area contributed by atoms with E-state index in [0.717, 1.165) is 17.7 Å². The molecule has 2 aromatic rings. The number of halogens is 1. The highest BCUT2D eigenvalue weighted by Crippen LogP contribution is 2.36. The Bertz CT molecular complexity index is 661. The van der Waals surface area contributed by atoms with Crippen molar-refractivity contribution in [2.75, 3.05) is 24.8 Å². The molecule has 4 nitrogen and oxygen atoms in total. The molecule has 0 saturated carbocycles. The first-order valence-electron chi connectivity index (χ1n) is 6.80. The van der Waals surface area contributed by atoms with E-state index in [0.29, 0.717) is 18.0 Å². The second-order valence-electron chi connectivity index (χ2n) is 4.95. The van der Waals surface area contributed by atoms with Crippen LogP contribution in [0.2, 0.25) is 0 Å². The van der Waals surface area contributed by atoms with Crippen LogP contribution in [0.3, 0.4) is 0 Å². The van der Waals surface area contributed by atoms with Gasteiger partial charge < -0.3 is 20.5 Å². The summed E-state index contributed by atoms with van der Waals surface area (Å²) >= 11 is 0. The molecule has 0 fully saturated rings. The minimum absolute atomic E-state index is 0.0763. The van der Waals surface area contributed by atoms with Crippen LogP contribution in [-0.2, 0) is 0 Å². The van der Waals surface area contributed by atoms with Crippen LogP contribution in [-0.4, -0.2) is 13.7 Å². The number of hydrogen-bond acceptors (Lipinski definition) is 4. The molecular formula is C16H17FN2O2. The topological polar surface area (TPSA) is 56.5 Å². The molecule has 0 aliphatic carbocycles. The van der Waals surface area contributed by atoms with Gasteiger partial charge in [-0.2, -0.15) is 0 Å². The van der Waals surface area contributed by atoms with Crippen LogP contribution in [0.4, 0.5) is 15.8 Å². The second-order valence-corrected chi connectivity index (χ2v) is 4.95. The second kappa shape index (κ2) is 5.52. The first kappa shape index (κ1) is 13.5. The zero-order chi connectivity index (χ0) is 14.8. The summed E-state index contributed by atoms with van der Waals surface area (Å²) in [6.45, 7) is 0.632. The summed E-state index contributed by atoms with van der Waals surface area (Å²) in [6, 6.07) is 10.8. The predicted octanol–water partition coefficient (Wildman–Crippen LogP) is 3.35. The highest BCUT2D eigenvalue weighted by Gasteiger charge is 2.22. The molecule has 0 radical (unpaired) electrons. The zero-order valence-electron chi connectivity index (χ0n) is 11.7. The number of anilines is 2. The number of hydrogen-bond donors (Lipinski definition) is 2. The maximum atomic E-state index is 13.6. The summed E-state index contributed by atoms with van der Waals surface area (Å²) in [4.78, 5) is 0. The standard InChI is InChI=1S/C16H17FN2O2/c1-20-16-9-14(12(18)8-11(16)17)19-13-6-7-21-15-5-3-2-4-10(13)15/h2-5,8-9,13,19H,6-7,18H2,1H3. The van der Waals surface area contributed by atoms with E-state index in [9.17, 15) is 4.39 Å².